The standard InChI is InChI=1S/C24H34N4O2.HI/c1-25-24(27-17-20-11-12-22(29-2)15-23(20)30-3)26-16-19-9-5-6-10-21(19)18-28-13-7-4-8-14-28;/h5-6,9-12,15H,4,7-8,13-14,16-18H2,1-3H3,(H2,25,26,27);1H. The zero-order chi connectivity index (χ0) is 21.2. The van der Waals surface area contributed by atoms with Crippen LogP contribution in [0.1, 0.15) is 36.0 Å². The molecule has 2 aromatic rings. The molecule has 170 valence electrons. The van der Waals surface area contributed by atoms with Crippen molar-refractivity contribution in [1.82, 2.24) is 15.5 Å². The van der Waals surface area contributed by atoms with Crippen LogP contribution in [0.2, 0.25) is 0 Å². The Labute approximate surface area is 203 Å². The predicted molar refractivity (Wildman–Crippen MR) is 138 cm³/mol. The molecule has 6 nitrogen and oxygen atoms in total. The van der Waals surface area contributed by atoms with Crippen molar-refractivity contribution in [1.29, 1.82) is 0 Å². The number of nitrogens with zero attached hydrogens (tertiary/aromatic N) is 2. The van der Waals surface area contributed by atoms with E-state index in [1.54, 1.807) is 21.3 Å². The van der Waals surface area contributed by atoms with Crippen LogP contribution in [0.15, 0.2) is 47.5 Å². The van der Waals surface area contributed by atoms with Gasteiger partial charge in [-0.15, -0.1) is 24.0 Å². The van der Waals surface area contributed by atoms with Gasteiger partial charge in [0.25, 0.3) is 0 Å². The average Bonchev–Trinajstić information content (AvgIpc) is 2.80. The van der Waals surface area contributed by atoms with E-state index in [-0.39, 0.29) is 24.0 Å². The van der Waals surface area contributed by atoms with Gasteiger partial charge in [0.05, 0.1) is 14.2 Å². The summed E-state index contributed by atoms with van der Waals surface area (Å²) in [7, 11) is 5.12. The van der Waals surface area contributed by atoms with E-state index in [4.69, 9.17) is 9.47 Å². The number of methoxy groups -OCH3 is 2. The van der Waals surface area contributed by atoms with Crippen molar-refractivity contribution < 1.29 is 9.47 Å². The molecule has 0 aromatic heterocycles. The average molecular weight is 538 g/mol. The number of ether oxygens (including phenoxy) is 2. The van der Waals surface area contributed by atoms with Gasteiger partial charge < -0.3 is 20.1 Å². The molecule has 1 heterocycles. The molecule has 0 saturated carbocycles. The molecule has 0 bridgehead atoms. The molecule has 1 aliphatic rings. The molecule has 0 radical (unpaired) electrons. The molecule has 3 rings (SSSR count). The van der Waals surface area contributed by atoms with Gasteiger partial charge in [-0.2, -0.15) is 0 Å². The van der Waals surface area contributed by atoms with Gasteiger partial charge in [0.2, 0.25) is 0 Å². The Hall–Kier alpha value is -2.00. The third kappa shape index (κ3) is 7.57. The number of hydrogen-bond donors (Lipinski definition) is 2. The summed E-state index contributed by atoms with van der Waals surface area (Å²) >= 11 is 0. The van der Waals surface area contributed by atoms with Crippen molar-refractivity contribution in [2.75, 3.05) is 34.4 Å². The molecular formula is C24H35IN4O2. The minimum Gasteiger partial charge on any atom is -0.497 e. The fourth-order valence-corrected chi connectivity index (χ4v) is 3.82. The number of benzene rings is 2. The molecule has 31 heavy (non-hydrogen) atoms. The van der Waals surface area contributed by atoms with Gasteiger partial charge in [-0.05, 0) is 49.2 Å². The molecule has 0 unspecified atom stereocenters. The number of likely N-dealkylation sites (tertiary alicyclic amines) is 1. The molecule has 1 aliphatic heterocycles. The lowest BCUT2D eigenvalue weighted by Crippen LogP contribution is -2.37. The van der Waals surface area contributed by atoms with E-state index in [0.29, 0.717) is 6.54 Å². The summed E-state index contributed by atoms with van der Waals surface area (Å²) in [5.41, 5.74) is 3.75. The van der Waals surface area contributed by atoms with Crippen LogP contribution in [0.3, 0.4) is 0 Å². The molecule has 0 aliphatic carbocycles. The van der Waals surface area contributed by atoms with E-state index in [9.17, 15) is 0 Å². The first kappa shape index (κ1) is 25.3. The van der Waals surface area contributed by atoms with Gasteiger partial charge in [-0.1, -0.05) is 30.7 Å². The first-order valence-electron chi connectivity index (χ1n) is 10.7. The van der Waals surface area contributed by atoms with Gasteiger partial charge in [0.1, 0.15) is 11.5 Å². The highest BCUT2D eigenvalue weighted by Crippen LogP contribution is 2.24. The molecule has 0 atom stereocenters. The normalized spacial score (nSPS) is 14.5. The summed E-state index contributed by atoms with van der Waals surface area (Å²) in [6, 6.07) is 14.5. The maximum atomic E-state index is 5.49. The second kappa shape index (κ2) is 13.4. The van der Waals surface area contributed by atoms with Crippen molar-refractivity contribution in [2.24, 2.45) is 4.99 Å². The maximum absolute atomic E-state index is 5.49. The zero-order valence-corrected chi connectivity index (χ0v) is 21.1. The third-order valence-corrected chi connectivity index (χ3v) is 5.57. The fraction of sp³-hybridized carbons (Fsp3) is 0.458. The lowest BCUT2D eigenvalue weighted by atomic mass is 10.0. The molecule has 1 saturated heterocycles. The number of hydrogen-bond acceptors (Lipinski definition) is 4. The predicted octanol–water partition coefficient (Wildman–Crippen LogP) is 4.17. The van der Waals surface area contributed by atoms with E-state index in [2.05, 4.69) is 44.8 Å². The third-order valence-electron chi connectivity index (χ3n) is 5.57. The van der Waals surface area contributed by atoms with Crippen LogP contribution in [-0.4, -0.2) is 45.2 Å². The van der Waals surface area contributed by atoms with E-state index in [1.807, 2.05) is 18.2 Å². The minimum atomic E-state index is 0. The number of aliphatic imine (C=N–C) groups is 1. The molecule has 0 spiro atoms. The molecule has 2 N–H and O–H groups in total. The largest absolute Gasteiger partial charge is 0.497 e. The minimum absolute atomic E-state index is 0. The van der Waals surface area contributed by atoms with Crippen LogP contribution < -0.4 is 20.1 Å². The second-order valence-corrected chi connectivity index (χ2v) is 7.56. The lowest BCUT2D eigenvalue weighted by molar-refractivity contribution is 0.220. The summed E-state index contributed by atoms with van der Waals surface area (Å²) in [5.74, 6) is 2.34. The first-order chi connectivity index (χ1) is 14.7. The Morgan fingerprint density at radius 2 is 1.58 bits per heavy atom. The molecule has 1 fully saturated rings. The van der Waals surface area contributed by atoms with Gasteiger partial charge in [0.15, 0.2) is 5.96 Å². The van der Waals surface area contributed by atoms with E-state index >= 15 is 0 Å². The molecule has 0 amide bonds. The number of nitrogens with one attached hydrogen (secondary N) is 2. The monoisotopic (exact) mass is 538 g/mol. The Morgan fingerprint density at radius 1 is 0.903 bits per heavy atom. The number of rotatable bonds is 8. The van der Waals surface area contributed by atoms with E-state index in [1.165, 1.54) is 43.5 Å². The van der Waals surface area contributed by atoms with E-state index in [0.717, 1.165) is 36.1 Å². The fourth-order valence-electron chi connectivity index (χ4n) is 3.82. The van der Waals surface area contributed by atoms with Crippen molar-refractivity contribution >= 4 is 29.9 Å². The summed E-state index contributed by atoms with van der Waals surface area (Å²) < 4.78 is 10.8. The zero-order valence-electron chi connectivity index (χ0n) is 18.8. The second-order valence-electron chi connectivity index (χ2n) is 7.56. The van der Waals surface area contributed by atoms with Crippen molar-refractivity contribution in [3.05, 3.63) is 59.2 Å². The lowest BCUT2D eigenvalue weighted by Gasteiger charge is -2.27. The van der Waals surface area contributed by atoms with Crippen LogP contribution in [0.25, 0.3) is 0 Å². The Bertz CT molecular complexity index is 838. The van der Waals surface area contributed by atoms with Crippen LogP contribution >= 0.6 is 24.0 Å². The van der Waals surface area contributed by atoms with Crippen LogP contribution in [0.5, 0.6) is 11.5 Å². The SMILES string of the molecule is CN=C(NCc1ccccc1CN1CCCCC1)NCc1ccc(OC)cc1OC.I. The van der Waals surface area contributed by atoms with Crippen molar-refractivity contribution in [2.45, 2.75) is 38.9 Å². The highest BCUT2D eigenvalue weighted by Gasteiger charge is 2.13. The Morgan fingerprint density at radius 3 is 2.23 bits per heavy atom. The summed E-state index contributed by atoms with van der Waals surface area (Å²) in [4.78, 5) is 6.93. The van der Waals surface area contributed by atoms with Crippen LogP contribution in [-0.2, 0) is 19.6 Å². The quantitative estimate of drug-likeness (QED) is 0.300. The Kier molecular flexibility index (Phi) is 10.9. The van der Waals surface area contributed by atoms with Crippen LogP contribution in [0.4, 0.5) is 0 Å². The number of piperidine rings is 1. The smallest absolute Gasteiger partial charge is 0.191 e. The number of guanidine groups is 1. The van der Waals surface area contributed by atoms with Gasteiger partial charge >= 0.3 is 0 Å². The maximum Gasteiger partial charge on any atom is 0.191 e. The van der Waals surface area contributed by atoms with Gasteiger partial charge in [0, 0.05) is 38.3 Å². The van der Waals surface area contributed by atoms with Gasteiger partial charge in [-0.3, -0.25) is 9.89 Å². The van der Waals surface area contributed by atoms with Crippen molar-refractivity contribution in [3.8, 4) is 11.5 Å². The number of halogens is 1. The highest BCUT2D eigenvalue weighted by atomic mass is 127. The molecular weight excluding hydrogens is 503 g/mol. The molecule has 7 heteroatoms. The van der Waals surface area contributed by atoms with E-state index < -0.39 is 0 Å². The van der Waals surface area contributed by atoms with Crippen molar-refractivity contribution in [3.63, 3.8) is 0 Å². The topological polar surface area (TPSA) is 58.1 Å². The first-order valence-corrected chi connectivity index (χ1v) is 10.7. The molecule has 2 aromatic carbocycles. The van der Waals surface area contributed by atoms with Gasteiger partial charge in [-0.25, -0.2) is 0 Å². The summed E-state index contributed by atoms with van der Waals surface area (Å²) in [6.45, 7) is 4.78. The highest BCUT2D eigenvalue weighted by molar-refractivity contribution is 14.0. The summed E-state index contributed by atoms with van der Waals surface area (Å²) in [6.07, 6.45) is 3.98. The van der Waals surface area contributed by atoms with Crippen LogP contribution in [0, 0.1) is 0 Å². The Balaban J connectivity index is 0.00000341. The summed E-state index contributed by atoms with van der Waals surface area (Å²) in [5, 5.41) is 6.83.